The van der Waals surface area contributed by atoms with Crippen LogP contribution in [-0.4, -0.2) is 24.2 Å². The Kier molecular flexibility index (Phi) is 5.04. The largest absolute Gasteiger partial charge is 0.504 e. The lowest BCUT2D eigenvalue weighted by molar-refractivity contribution is -0.132. The Labute approximate surface area is 158 Å². The lowest BCUT2D eigenvalue weighted by Gasteiger charge is -2.12. The van der Waals surface area contributed by atoms with Crippen molar-refractivity contribution >= 4 is 22.9 Å². The number of phenols is 1. The van der Waals surface area contributed by atoms with Crippen molar-refractivity contribution in [3.8, 4) is 34.1 Å². The van der Waals surface area contributed by atoms with E-state index in [9.17, 15) is 19.5 Å². The first-order valence-electron chi connectivity index (χ1n) is 8.14. The molecule has 3 rings (SSSR count). The normalized spacial score (nSPS) is 10.5. The Morgan fingerprint density at radius 3 is 2.25 bits per heavy atom. The number of ether oxygens (including phenoxy) is 3. The molecule has 0 bridgehead atoms. The van der Waals surface area contributed by atoms with Gasteiger partial charge in [0.05, 0.1) is 12.7 Å². The summed E-state index contributed by atoms with van der Waals surface area (Å²) in [6.07, 6.45) is 1.25. The summed E-state index contributed by atoms with van der Waals surface area (Å²) in [5.74, 6) is -1.61. The van der Waals surface area contributed by atoms with E-state index in [4.69, 9.17) is 18.6 Å². The van der Waals surface area contributed by atoms with Crippen LogP contribution in [0.25, 0.3) is 22.1 Å². The van der Waals surface area contributed by atoms with Crippen LogP contribution in [0, 0.1) is 0 Å². The summed E-state index contributed by atoms with van der Waals surface area (Å²) in [5, 5.41) is 10.4. The van der Waals surface area contributed by atoms with Gasteiger partial charge < -0.3 is 23.7 Å². The number of carbonyl (C=O) groups is 2. The van der Waals surface area contributed by atoms with E-state index in [0.717, 1.165) is 6.92 Å². The van der Waals surface area contributed by atoms with Gasteiger partial charge in [0.2, 0.25) is 11.2 Å². The van der Waals surface area contributed by atoms with Crippen LogP contribution in [-0.2, 0) is 9.59 Å². The molecule has 0 fully saturated rings. The van der Waals surface area contributed by atoms with Gasteiger partial charge in [0.1, 0.15) is 23.0 Å². The van der Waals surface area contributed by atoms with Crippen molar-refractivity contribution in [2.45, 2.75) is 13.8 Å². The fourth-order valence-corrected chi connectivity index (χ4v) is 2.69. The number of phenolic OH excluding ortho intramolecular Hbond substituents is 1. The van der Waals surface area contributed by atoms with Gasteiger partial charge in [-0.25, -0.2) is 0 Å². The van der Waals surface area contributed by atoms with E-state index in [0.29, 0.717) is 11.3 Å². The van der Waals surface area contributed by atoms with Crippen molar-refractivity contribution in [2.75, 3.05) is 7.11 Å². The summed E-state index contributed by atoms with van der Waals surface area (Å²) in [5.41, 5.74) is 0.178. The van der Waals surface area contributed by atoms with E-state index in [-0.39, 0.29) is 28.0 Å². The maximum Gasteiger partial charge on any atom is 0.308 e. The fraction of sp³-hybridized carbons (Fsp3) is 0.150. The van der Waals surface area contributed by atoms with Crippen molar-refractivity contribution in [3.63, 3.8) is 0 Å². The van der Waals surface area contributed by atoms with E-state index in [1.165, 1.54) is 38.5 Å². The van der Waals surface area contributed by atoms with Gasteiger partial charge in [-0.1, -0.05) is 12.1 Å². The highest BCUT2D eigenvalue weighted by molar-refractivity contribution is 5.92. The minimum absolute atomic E-state index is 0.0434. The van der Waals surface area contributed by atoms with Crippen molar-refractivity contribution < 1.29 is 33.3 Å². The van der Waals surface area contributed by atoms with Crippen LogP contribution in [0.4, 0.5) is 0 Å². The first-order valence-corrected chi connectivity index (χ1v) is 8.14. The van der Waals surface area contributed by atoms with Gasteiger partial charge in [-0.3, -0.25) is 14.4 Å². The predicted octanol–water partition coefficient (Wildman–Crippen LogP) is 3.02. The van der Waals surface area contributed by atoms with Gasteiger partial charge in [0.15, 0.2) is 11.5 Å². The molecule has 0 atom stereocenters. The van der Waals surface area contributed by atoms with Crippen LogP contribution in [0.1, 0.15) is 13.8 Å². The van der Waals surface area contributed by atoms with Crippen LogP contribution in [0.5, 0.6) is 23.0 Å². The Morgan fingerprint density at radius 2 is 1.68 bits per heavy atom. The van der Waals surface area contributed by atoms with E-state index in [1.54, 1.807) is 12.1 Å². The Morgan fingerprint density at radius 1 is 1.04 bits per heavy atom. The number of carbonyl (C=O) groups excluding carboxylic acids is 2. The number of hydrogen-bond donors (Lipinski definition) is 1. The third kappa shape index (κ3) is 3.52. The first kappa shape index (κ1) is 19.0. The molecule has 3 aromatic rings. The number of aromatic hydroxyl groups is 1. The van der Waals surface area contributed by atoms with Gasteiger partial charge in [-0.15, -0.1) is 0 Å². The zero-order valence-electron chi connectivity index (χ0n) is 15.3. The lowest BCUT2D eigenvalue weighted by atomic mass is 10.0. The topological polar surface area (TPSA) is 112 Å². The van der Waals surface area contributed by atoms with Gasteiger partial charge in [0, 0.05) is 19.9 Å². The molecule has 1 aromatic heterocycles. The second-order valence-corrected chi connectivity index (χ2v) is 5.82. The van der Waals surface area contributed by atoms with Crippen LogP contribution < -0.4 is 19.6 Å². The van der Waals surface area contributed by atoms with Crippen molar-refractivity contribution in [1.29, 1.82) is 0 Å². The maximum absolute atomic E-state index is 13.0. The molecule has 2 aromatic carbocycles. The molecule has 0 aliphatic carbocycles. The molecule has 0 unspecified atom stereocenters. The number of rotatable bonds is 4. The molecule has 0 radical (unpaired) electrons. The van der Waals surface area contributed by atoms with E-state index in [1.807, 2.05) is 0 Å². The van der Waals surface area contributed by atoms with Crippen LogP contribution in [0.3, 0.4) is 0 Å². The molecule has 8 nitrogen and oxygen atoms in total. The smallest absolute Gasteiger partial charge is 0.308 e. The van der Waals surface area contributed by atoms with E-state index < -0.39 is 23.1 Å². The molecule has 0 saturated heterocycles. The SMILES string of the molecule is COc1cc2occ(-c3ccc(OC(C)=O)cc3)c(=O)c2c(O)c1OC(C)=O. The molecule has 0 aliphatic rings. The summed E-state index contributed by atoms with van der Waals surface area (Å²) in [4.78, 5) is 35.3. The third-order valence-electron chi connectivity index (χ3n) is 3.85. The van der Waals surface area contributed by atoms with Gasteiger partial charge in [0.25, 0.3) is 0 Å². The summed E-state index contributed by atoms with van der Waals surface area (Å²) >= 11 is 0. The highest BCUT2D eigenvalue weighted by atomic mass is 16.6. The van der Waals surface area contributed by atoms with Gasteiger partial charge >= 0.3 is 11.9 Å². The van der Waals surface area contributed by atoms with Crippen molar-refractivity contribution in [2.24, 2.45) is 0 Å². The molecule has 1 N–H and O–H groups in total. The Balaban J connectivity index is 2.17. The Bertz CT molecular complexity index is 1130. The molecule has 0 saturated carbocycles. The van der Waals surface area contributed by atoms with Gasteiger partial charge in [-0.2, -0.15) is 0 Å². The average molecular weight is 384 g/mol. The van der Waals surface area contributed by atoms with E-state index >= 15 is 0 Å². The number of benzene rings is 2. The second kappa shape index (κ2) is 7.43. The summed E-state index contributed by atoms with van der Waals surface area (Å²) < 4.78 is 20.5. The number of esters is 2. The molecule has 144 valence electrons. The zero-order chi connectivity index (χ0) is 20.4. The Hall–Kier alpha value is -3.81. The molecule has 0 amide bonds. The minimum atomic E-state index is -0.686. The quantitative estimate of drug-likeness (QED) is 0.540. The second-order valence-electron chi connectivity index (χ2n) is 5.82. The van der Waals surface area contributed by atoms with Crippen LogP contribution in [0.15, 0.2) is 45.8 Å². The monoisotopic (exact) mass is 384 g/mol. The average Bonchev–Trinajstić information content (AvgIpc) is 2.64. The molecular formula is C20H16O8. The highest BCUT2D eigenvalue weighted by Gasteiger charge is 2.22. The fourth-order valence-electron chi connectivity index (χ4n) is 2.69. The molecule has 28 heavy (non-hydrogen) atoms. The molecule has 0 spiro atoms. The summed E-state index contributed by atoms with van der Waals surface area (Å²) in [6, 6.07) is 7.55. The molecule has 8 heteroatoms. The molecule has 0 aliphatic heterocycles. The number of methoxy groups -OCH3 is 1. The van der Waals surface area contributed by atoms with Crippen molar-refractivity contribution in [3.05, 3.63) is 46.8 Å². The number of hydrogen-bond acceptors (Lipinski definition) is 8. The zero-order valence-corrected chi connectivity index (χ0v) is 15.3. The van der Waals surface area contributed by atoms with E-state index in [2.05, 4.69) is 0 Å². The molecular weight excluding hydrogens is 368 g/mol. The van der Waals surface area contributed by atoms with Crippen LogP contribution >= 0.6 is 0 Å². The van der Waals surface area contributed by atoms with Crippen LogP contribution in [0.2, 0.25) is 0 Å². The summed E-state index contributed by atoms with van der Waals surface area (Å²) in [6.45, 7) is 2.44. The standard InChI is InChI=1S/C20H16O8/c1-10(21)27-13-6-4-12(5-7-13)14-9-26-15-8-16(25-3)20(28-11(2)22)19(24)17(15)18(14)23/h4-9,24H,1-3H3. The lowest BCUT2D eigenvalue weighted by Crippen LogP contribution is -2.08. The van der Waals surface area contributed by atoms with Gasteiger partial charge in [-0.05, 0) is 17.7 Å². The predicted molar refractivity (Wildman–Crippen MR) is 98.8 cm³/mol. The number of fused-ring (bicyclic) bond motifs is 1. The molecule has 1 heterocycles. The van der Waals surface area contributed by atoms with Crippen molar-refractivity contribution in [1.82, 2.24) is 0 Å². The third-order valence-corrected chi connectivity index (χ3v) is 3.85. The first-order chi connectivity index (χ1) is 13.3. The minimum Gasteiger partial charge on any atom is -0.504 e. The highest BCUT2D eigenvalue weighted by Crippen LogP contribution is 2.42. The summed E-state index contributed by atoms with van der Waals surface area (Å²) in [7, 11) is 1.32. The maximum atomic E-state index is 13.0.